The van der Waals surface area contributed by atoms with Gasteiger partial charge in [0.05, 0.1) is 4.88 Å². The van der Waals surface area contributed by atoms with Gasteiger partial charge in [-0.2, -0.15) is 0 Å². The Labute approximate surface area is 94.7 Å². The predicted octanol–water partition coefficient (Wildman–Crippen LogP) is 2.91. The molecule has 1 aliphatic carbocycles. The van der Waals surface area contributed by atoms with Gasteiger partial charge in [0.25, 0.3) is 5.91 Å². The zero-order valence-corrected chi connectivity index (χ0v) is 10.4. The van der Waals surface area contributed by atoms with Gasteiger partial charge in [-0.05, 0) is 22.3 Å². The zero-order chi connectivity index (χ0) is 11.3. The number of hydrogen-bond donors (Lipinski definition) is 1. The molecular formula is C12H17NOS. The monoisotopic (exact) mass is 223 g/mol. The van der Waals surface area contributed by atoms with Crippen LogP contribution >= 0.6 is 11.3 Å². The Morgan fingerprint density at radius 1 is 1.33 bits per heavy atom. The minimum absolute atomic E-state index is 0.0636. The molecule has 1 heterocycles. The lowest BCUT2D eigenvalue weighted by Crippen LogP contribution is -2.29. The zero-order valence-electron chi connectivity index (χ0n) is 9.63. The molecular weight excluding hydrogens is 206 g/mol. The minimum atomic E-state index is 0.0636. The summed E-state index contributed by atoms with van der Waals surface area (Å²) in [5, 5.41) is 5.04. The number of carbonyl (C=O) groups excluding carboxylic acids is 1. The molecule has 1 amide bonds. The summed E-state index contributed by atoms with van der Waals surface area (Å²) in [7, 11) is 0. The molecule has 2 nitrogen and oxygen atoms in total. The smallest absolute Gasteiger partial charge is 0.261 e. The van der Waals surface area contributed by atoms with Crippen LogP contribution < -0.4 is 5.32 Å². The molecule has 1 aromatic rings. The van der Waals surface area contributed by atoms with E-state index in [1.807, 2.05) is 17.5 Å². The van der Waals surface area contributed by atoms with E-state index in [2.05, 4.69) is 33.0 Å². The van der Waals surface area contributed by atoms with Crippen LogP contribution in [0.2, 0.25) is 0 Å². The summed E-state index contributed by atoms with van der Waals surface area (Å²) in [6, 6.07) is 4.06. The van der Waals surface area contributed by atoms with Crippen molar-refractivity contribution >= 4 is 17.2 Å². The van der Waals surface area contributed by atoms with Crippen molar-refractivity contribution in [2.75, 3.05) is 0 Å². The van der Waals surface area contributed by atoms with Gasteiger partial charge in [0, 0.05) is 6.04 Å². The molecule has 15 heavy (non-hydrogen) atoms. The summed E-state index contributed by atoms with van der Waals surface area (Å²) < 4.78 is 0. The third kappa shape index (κ3) is 1.49. The molecule has 1 aromatic heterocycles. The maximum Gasteiger partial charge on any atom is 0.261 e. The molecule has 1 fully saturated rings. The summed E-state index contributed by atoms with van der Waals surface area (Å²) in [6.07, 6.45) is 0. The SMILES string of the molecule is CC1(C)C(NC(=O)c2cccs2)C1(C)C. The van der Waals surface area contributed by atoms with E-state index in [1.54, 1.807) is 0 Å². The molecule has 0 aliphatic heterocycles. The van der Waals surface area contributed by atoms with E-state index in [1.165, 1.54) is 11.3 Å². The van der Waals surface area contributed by atoms with Gasteiger partial charge in [-0.15, -0.1) is 11.3 Å². The molecule has 0 atom stereocenters. The Morgan fingerprint density at radius 3 is 2.33 bits per heavy atom. The molecule has 0 unspecified atom stereocenters. The fraction of sp³-hybridized carbons (Fsp3) is 0.583. The number of thiophene rings is 1. The van der Waals surface area contributed by atoms with E-state index in [4.69, 9.17) is 0 Å². The van der Waals surface area contributed by atoms with Gasteiger partial charge in [0.2, 0.25) is 0 Å². The largest absolute Gasteiger partial charge is 0.347 e. The third-order valence-corrected chi connectivity index (χ3v) is 4.91. The summed E-state index contributed by atoms with van der Waals surface area (Å²) in [4.78, 5) is 12.6. The lowest BCUT2D eigenvalue weighted by molar-refractivity contribution is 0.0947. The van der Waals surface area contributed by atoms with Gasteiger partial charge in [-0.3, -0.25) is 4.79 Å². The second kappa shape index (κ2) is 3.08. The summed E-state index contributed by atoms with van der Waals surface area (Å²) in [5.41, 5.74) is 0.417. The van der Waals surface area contributed by atoms with Gasteiger partial charge in [0.15, 0.2) is 0 Å². The molecule has 0 bridgehead atoms. The Bertz CT molecular complexity index is 364. The van der Waals surface area contributed by atoms with Crippen molar-refractivity contribution in [3.8, 4) is 0 Å². The molecule has 82 valence electrons. The van der Waals surface area contributed by atoms with E-state index >= 15 is 0 Å². The Hall–Kier alpha value is -0.830. The van der Waals surface area contributed by atoms with Crippen molar-refractivity contribution in [2.45, 2.75) is 33.7 Å². The molecule has 1 N–H and O–H groups in total. The van der Waals surface area contributed by atoms with E-state index < -0.39 is 0 Å². The second-order valence-electron chi connectivity index (χ2n) is 5.33. The first-order valence-corrected chi connectivity index (χ1v) is 6.09. The number of hydrogen-bond acceptors (Lipinski definition) is 2. The topological polar surface area (TPSA) is 29.1 Å². The molecule has 1 saturated carbocycles. The van der Waals surface area contributed by atoms with Gasteiger partial charge in [-0.25, -0.2) is 0 Å². The number of carbonyl (C=O) groups is 1. The molecule has 3 heteroatoms. The van der Waals surface area contributed by atoms with Crippen LogP contribution in [0.15, 0.2) is 17.5 Å². The fourth-order valence-electron chi connectivity index (χ4n) is 2.17. The number of amides is 1. The van der Waals surface area contributed by atoms with Crippen molar-refractivity contribution in [2.24, 2.45) is 10.8 Å². The molecule has 0 spiro atoms. The average Bonchev–Trinajstić information content (AvgIpc) is 2.65. The Morgan fingerprint density at radius 2 is 1.93 bits per heavy atom. The predicted molar refractivity (Wildman–Crippen MR) is 63.1 cm³/mol. The quantitative estimate of drug-likeness (QED) is 0.820. The summed E-state index contributed by atoms with van der Waals surface area (Å²) in [5.74, 6) is 0.0636. The van der Waals surface area contributed by atoms with E-state index in [-0.39, 0.29) is 16.7 Å². The van der Waals surface area contributed by atoms with Crippen molar-refractivity contribution in [1.82, 2.24) is 5.32 Å². The maximum atomic E-state index is 11.8. The highest BCUT2D eigenvalue weighted by atomic mass is 32.1. The first-order valence-electron chi connectivity index (χ1n) is 5.22. The maximum absolute atomic E-state index is 11.8. The van der Waals surface area contributed by atoms with Crippen molar-refractivity contribution < 1.29 is 4.79 Å². The normalized spacial score (nSPS) is 22.4. The first kappa shape index (κ1) is 10.7. The van der Waals surface area contributed by atoms with Crippen LogP contribution in [0.3, 0.4) is 0 Å². The molecule has 0 saturated heterocycles. The van der Waals surface area contributed by atoms with Crippen LogP contribution in [0.5, 0.6) is 0 Å². The Kier molecular flexibility index (Phi) is 2.19. The second-order valence-corrected chi connectivity index (χ2v) is 6.27. The van der Waals surface area contributed by atoms with Crippen LogP contribution in [-0.2, 0) is 0 Å². The highest BCUT2D eigenvalue weighted by Crippen LogP contribution is 2.62. The van der Waals surface area contributed by atoms with Gasteiger partial charge >= 0.3 is 0 Å². The lowest BCUT2D eigenvalue weighted by Gasteiger charge is -2.04. The van der Waals surface area contributed by atoms with Crippen molar-refractivity contribution in [1.29, 1.82) is 0 Å². The van der Waals surface area contributed by atoms with Gasteiger partial charge < -0.3 is 5.32 Å². The lowest BCUT2D eigenvalue weighted by atomic mass is 10.0. The van der Waals surface area contributed by atoms with Crippen LogP contribution in [0.25, 0.3) is 0 Å². The van der Waals surface area contributed by atoms with Crippen LogP contribution in [0.4, 0.5) is 0 Å². The first-order chi connectivity index (χ1) is 6.87. The highest BCUT2D eigenvalue weighted by molar-refractivity contribution is 7.12. The minimum Gasteiger partial charge on any atom is -0.347 e. The van der Waals surface area contributed by atoms with Crippen LogP contribution in [0, 0.1) is 10.8 Å². The third-order valence-electron chi connectivity index (χ3n) is 4.04. The van der Waals surface area contributed by atoms with Gasteiger partial charge in [0.1, 0.15) is 0 Å². The highest BCUT2D eigenvalue weighted by Gasteiger charge is 2.65. The number of nitrogens with one attached hydrogen (secondary N) is 1. The molecule has 1 aliphatic rings. The van der Waals surface area contributed by atoms with E-state index in [9.17, 15) is 4.79 Å². The van der Waals surface area contributed by atoms with Gasteiger partial charge in [-0.1, -0.05) is 33.8 Å². The van der Waals surface area contributed by atoms with Crippen LogP contribution in [-0.4, -0.2) is 11.9 Å². The summed E-state index contributed by atoms with van der Waals surface area (Å²) >= 11 is 1.49. The van der Waals surface area contributed by atoms with E-state index in [0.717, 1.165) is 4.88 Å². The summed E-state index contributed by atoms with van der Waals surface area (Å²) in [6.45, 7) is 8.80. The van der Waals surface area contributed by atoms with Crippen molar-refractivity contribution in [3.63, 3.8) is 0 Å². The fourth-order valence-corrected chi connectivity index (χ4v) is 2.79. The van der Waals surface area contributed by atoms with Crippen LogP contribution in [0.1, 0.15) is 37.4 Å². The number of rotatable bonds is 2. The van der Waals surface area contributed by atoms with E-state index in [0.29, 0.717) is 6.04 Å². The molecule has 0 radical (unpaired) electrons. The molecule has 2 rings (SSSR count). The van der Waals surface area contributed by atoms with Crippen molar-refractivity contribution in [3.05, 3.63) is 22.4 Å². The molecule has 0 aromatic carbocycles. The standard InChI is InChI=1S/C12H17NOS/c1-11(2)10(12(11,3)4)13-9(14)8-6-5-7-15-8/h5-7,10H,1-4H3,(H,13,14). The Balaban J connectivity index is 2.04. The average molecular weight is 223 g/mol.